The predicted octanol–water partition coefficient (Wildman–Crippen LogP) is 4.46. The second-order valence-electron chi connectivity index (χ2n) is 8.94. The van der Waals surface area contributed by atoms with Gasteiger partial charge in [0.15, 0.2) is 0 Å². The Morgan fingerprint density at radius 3 is 2.32 bits per heavy atom. The molecule has 2 rings (SSSR count). The topological polar surface area (TPSA) is 82.8 Å². The summed E-state index contributed by atoms with van der Waals surface area (Å²) in [6.07, 6.45) is 1.37. The van der Waals surface area contributed by atoms with Crippen molar-refractivity contribution in [1.29, 1.82) is 0 Å². The van der Waals surface area contributed by atoms with Crippen LogP contribution >= 0.6 is 11.6 Å². The van der Waals surface area contributed by atoms with E-state index < -0.39 is 30.0 Å². The van der Waals surface area contributed by atoms with Crippen molar-refractivity contribution < 1.29 is 18.8 Å². The molecule has 1 amide bonds. The molecule has 3 N–H and O–H groups in total. The van der Waals surface area contributed by atoms with Crippen molar-refractivity contribution in [2.75, 3.05) is 12.3 Å². The van der Waals surface area contributed by atoms with Crippen LogP contribution in [0.4, 0.5) is 10.5 Å². The third-order valence-corrected chi connectivity index (χ3v) is 5.11. The molecule has 0 spiro atoms. The summed E-state index contributed by atoms with van der Waals surface area (Å²) in [5, 5.41) is 3.26. The summed E-state index contributed by atoms with van der Waals surface area (Å²) in [7, 11) is -0.614. The van der Waals surface area contributed by atoms with Crippen molar-refractivity contribution in [3.63, 3.8) is 0 Å². The summed E-state index contributed by atoms with van der Waals surface area (Å²) in [5.74, 6) is 0. The lowest BCUT2D eigenvalue weighted by Gasteiger charge is -2.32. The van der Waals surface area contributed by atoms with Crippen LogP contribution in [0.3, 0.4) is 0 Å². The largest absolute Gasteiger partial charge is 0.492 e. The van der Waals surface area contributed by atoms with Crippen LogP contribution in [-0.4, -0.2) is 36.6 Å². The monoisotopic (exact) mass is 408 g/mol. The minimum absolute atomic E-state index is 0.203. The molecule has 1 aliphatic rings. The van der Waals surface area contributed by atoms with E-state index >= 15 is 0 Å². The van der Waals surface area contributed by atoms with Crippen molar-refractivity contribution in [2.45, 2.75) is 65.3 Å². The summed E-state index contributed by atoms with van der Waals surface area (Å²) in [6.45, 7) is 13.6. The van der Waals surface area contributed by atoms with E-state index in [2.05, 4.69) is 5.32 Å². The molecule has 6 nitrogen and oxygen atoms in total. The summed E-state index contributed by atoms with van der Waals surface area (Å²) >= 11 is 6.01. The van der Waals surface area contributed by atoms with E-state index in [0.717, 1.165) is 11.0 Å². The number of anilines is 1. The minimum Gasteiger partial charge on any atom is -0.444 e. The van der Waals surface area contributed by atoms with E-state index in [1.165, 1.54) is 0 Å². The standard InChI is InChI=1S/C20H30BClN2O4/c1-18(2,3)26-17(25)24-12-14(10-13-8-9-15(22)16(23)11-13)21-27-19(4,5)20(6,7)28-21/h8-11H,12,23H2,1-7H3,(H,24,25). The number of benzene rings is 1. The first-order valence-corrected chi connectivity index (χ1v) is 9.66. The molecule has 154 valence electrons. The summed E-state index contributed by atoms with van der Waals surface area (Å²) in [4.78, 5) is 12.1. The fourth-order valence-corrected chi connectivity index (χ4v) is 2.67. The minimum atomic E-state index is -0.614. The van der Waals surface area contributed by atoms with Crippen LogP contribution in [-0.2, 0) is 14.0 Å². The van der Waals surface area contributed by atoms with Crippen LogP contribution in [0.5, 0.6) is 0 Å². The molecule has 0 aromatic heterocycles. The smallest absolute Gasteiger partial charge is 0.444 e. The van der Waals surface area contributed by atoms with Crippen LogP contribution in [0, 0.1) is 0 Å². The number of hydrogen-bond donors (Lipinski definition) is 2. The third kappa shape index (κ3) is 5.66. The number of nitrogen functional groups attached to an aromatic ring is 1. The molecule has 1 aromatic carbocycles. The lowest BCUT2D eigenvalue weighted by molar-refractivity contribution is 0.00578. The van der Waals surface area contributed by atoms with Crippen LogP contribution in [0.15, 0.2) is 23.7 Å². The Morgan fingerprint density at radius 2 is 1.82 bits per heavy atom. The Labute approximate surface area is 172 Å². The van der Waals surface area contributed by atoms with Gasteiger partial charge in [0.25, 0.3) is 0 Å². The normalized spacial score (nSPS) is 18.9. The van der Waals surface area contributed by atoms with Gasteiger partial charge in [-0.1, -0.05) is 23.7 Å². The Morgan fingerprint density at radius 1 is 1.25 bits per heavy atom. The molecule has 1 heterocycles. The van der Waals surface area contributed by atoms with Crippen molar-refractivity contribution in [3.05, 3.63) is 34.3 Å². The lowest BCUT2D eigenvalue weighted by Crippen LogP contribution is -2.41. The number of carbonyl (C=O) groups excluding carboxylic acids is 1. The number of rotatable bonds is 4. The Kier molecular flexibility index (Phi) is 6.43. The molecule has 0 atom stereocenters. The fraction of sp³-hybridized carbons (Fsp3) is 0.550. The van der Waals surface area contributed by atoms with Gasteiger partial charge in [-0.2, -0.15) is 0 Å². The Hall–Kier alpha value is -1.70. The second-order valence-corrected chi connectivity index (χ2v) is 9.35. The Bertz CT molecular complexity index is 756. The average Bonchev–Trinajstić information content (AvgIpc) is 2.73. The van der Waals surface area contributed by atoms with E-state index in [4.69, 9.17) is 31.4 Å². The third-order valence-electron chi connectivity index (χ3n) is 4.76. The molecule has 0 aliphatic carbocycles. The number of hydrogen-bond acceptors (Lipinski definition) is 5. The first kappa shape index (κ1) is 22.6. The molecule has 28 heavy (non-hydrogen) atoms. The van der Waals surface area contributed by atoms with Crippen molar-refractivity contribution in [3.8, 4) is 0 Å². The van der Waals surface area contributed by atoms with Gasteiger partial charge in [-0.15, -0.1) is 0 Å². The molecule has 1 aromatic rings. The van der Waals surface area contributed by atoms with Crippen molar-refractivity contribution in [2.24, 2.45) is 0 Å². The molecule has 1 aliphatic heterocycles. The molecular weight excluding hydrogens is 378 g/mol. The van der Waals surface area contributed by atoms with Crippen LogP contribution in [0.1, 0.15) is 54.0 Å². The molecule has 0 radical (unpaired) electrons. The maximum atomic E-state index is 12.1. The van der Waals surface area contributed by atoms with Gasteiger partial charge in [-0.3, -0.25) is 0 Å². The quantitative estimate of drug-likeness (QED) is 0.567. The number of ether oxygens (including phenoxy) is 1. The maximum absolute atomic E-state index is 12.1. The molecule has 0 bridgehead atoms. The van der Waals surface area contributed by atoms with E-state index in [0.29, 0.717) is 10.7 Å². The van der Waals surface area contributed by atoms with E-state index in [1.54, 1.807) is 12.1 Å². The highest BCUT2D eigenvalue weighted by molar-refractivity contribution is 6.56. The first-order chi connectivity index (χ1) is 12.7. The maximum Gasteiger partial charge on any atom is 0.492 e. The molecule has 8 heteroatoms. The summed E-state index contributed by atoms with van der Waals surface area (Å²) in [6, 6.07) is 5.34. The number of alkyl carbamates (subject to hydrolysis) is 1. The van der Waals surface area contributed by atoms with Gasteiger partial charge in [0, 0.05) is 6.54 Å². The van der Waals surface area contributed by atoms with E-state index in [-0.39, 0.29) is 6.54 Å². The number of amides is 1. The second kappa shape index (κ2) is 7.97. The number of halogens is 1. The highest BCUT2D eigenvalue weighted by atomic mass is 35.5. The predicted molar refractivity (Wildman–Crippen MR) is 114 cm³/mol. The van der Waals surface area contributed by atoms with E-state index in [9.17, 15) is 4.79 Å². The van der Waals surface area contributed by atoms with Crippen LogP contribution in [0.25, 0.3) is 6.08 Å². The Balaban J connectivity index is 2.27. The van der Waals surface area contributed by atoms with Crippen molar-refractivity contribution in [1.82, 2.24) is 5.32 Å². The number of nitrogens with two attached hydrogens (primary N) is 1. The summed E-state index contributed by atoms with van der Waals surface area (Å²) < 4.78 is 17.6. The van der Waals surface area contributed by atoms with Crippen LogP contribution in [0.2, 0.25) is 5.02 Å². The van der Waals surface area contributed by atoms with Crippen LogP contribution < -0.4 is 11.1 Å². The number of nitrogens with one attached hydrogen (secondary N) is 1. The van der Waals surface area contributed by atoms with Gasteiger partial charge in [-0.25, -0.2) is 4.79 Å². The molecule has 1 saturated heterocycles. The van der Waals surface area contributed by atoms with Gasteiger partial charge < -0.3 is 25.1 Å². The molecule has 0 unspecified atom stereocenters. The fourth-order valence-electron chi connectivity index (χ4n) is 2.55. The zero-order chi connectivity index (χ0) is 21.3. The average molecular weight is 409 g/mol. The molecular formula is C20H30BClN2O4. The zero-order valence-corrected chi connectivity index (χ0v) is 18.4. The van der Waals surface area contributed by atoms with Gasteiger partial charge in [0.2, 0.25) is 0 Å². The lowest BCUT2D eigenvalue weighted by atomic mass is 9.77. The van der Waals surface area contributed by atoms with Crippen molar-refractivity contribution >= 4 is 36.6 Å². The summed E-state index contributed by atoms with van der Waals surface area (Å²) in [5.41, 5.74) is 6.39. The first-order valence-electron chi connectivity index (χ1n) is 9.28. The zero-order valence-electron chi connectivity index (χ0n) is 17.7. The number of carbonyl (C=O) groups is 1. The van der Waals surface area contributed by atoms with Gasteiger partial charge >= 0.3 is 13.2 Å². The van der Waals surface area contributed by atoms with Gasteiger partial charge in [0.05, 0.1) is 21.9 Å². The SMILES string of the molecule is CC(C)(C)OC(=O)NCC(=Cc1ccc(Cl)c(N)c1)B1OC(C)(C)C(C)(C)O1. The van der Waals surface area contributed by atoms with Gasteiger partial charge in [-0.05, 0) is 71.6 Å². The highest BCUT2D eigenvalue weighted by Crippen LogP contribution is 2.38. The highest BCUT2D eigenvalue weighted by Gasteiger charge is 2.52. The molecule has 1 fully saturated rings. The molecule has 0 saturated carbocycles. The van der Waals surface area contributed by atoms with Gasteiger partial charge in [0.1, 0.15) is 5.60 Å². The van der Waals surface area contributed by atoms with E-state index in [1.807, 2.05) is 60.6 Å².